The van der Waals surface area contributed by atoms with Crippen LogP contribution in [0.2, 0.25) is 0 Å². The van der Waals surface area contributed by atoms with Crippen molar-refractivity contribution >= 4 is 39.7 Å². The van der Waals surface area contributed by atoms with Crippen LogP contribution in [0.3, 0.4) is 0 Å². The van der Waals surface area contributed by atoms with E-state index in [2.05, 4.69) is 9.97 Å². The minimum absolute atomic E-state index is 0.0935. The van der Waals surface area contributed by atoms with Crippen LogP contribution in [0.4, 0.5) is 0 Å². The lowest BCUT2D eigenvalue weighted by Crippen LogP contribution is -2.11. The van der Waals surface area contributed by atoms with Crippen LogP contribution in [-0.2, 0) is 17.6 Å². The summed E-state index contributed by atoms with van der Waals surface area (Å²) in [6.45, 7) is -0.443. The molecule has 0 aliphatic heterocycles. The van der Waals surface area contributed by atoms with Crippen molar-refractivity contribution in [2.75, 3.05) is 13.7 Å². The minimum atomic E-state index is -1.06. The minimum Gasteiger partial charge on any atom is -0.493 e. The second-order valence-corrected chi connectivity index (χ2v) is 7.85. The molecule has 1 aliphatic carbocycles. The van der Waals surface area contributed by atoms with Crippen molar-refractivity contribution in [3.05, 3.63) is 50.4 Å². The second-order valence-electron chi connectivity index (χ2n) is 6.77. The van der Waals surface area contributed by atoms with Crippen LogP contribution in [0.5, 0.6) is 11.5 Å². The average molecular weight is 412 g/mol. The number of methoxy groups -OCH3 is 1. The summed E-state index contributed by atoms with van der Waals surface area (Å²) in [5, 5.41) is 9.48. The van der Waals surface area contributed by atoms with E-state index in [0.717, 1.165) is 35.0 Å². The number of thiophene rings is 1. The first-order valence-electron chi connectivity index (χ1n) is 9.30. The lowest BCUT2D eigenvalue weighted by Gasteiger charge is -2.09. The fraction of sp³-hybridized carbons (Fsp3) is 0.286. The highest BCUT2D eigenvalue weighted by Gasteiger charge is 2.19. The number of nitrogens with one attached hydrogen (secondary N) is 1. The molecule has 2 aromatic heterocycles. The molecule has 2 heterocycles. The van der Waals surface area contributed by atoms with Gasteiger partial charge in [-0.1, -0.05) is 12.1 Å². The van der Waals surface area contributed by atoms with Crippen molar-refractivity contribution in [1.29, 1.82) is 0 Å². The monoisotopic (exact) mass is 412 g/mol. The maximum absolute atomic E-state index is 12.6. The fourth-order valence-electron chi connectivity index (χ4n) is 3.48. The summed E-state index contributed by atoms with van der Waals surface area (Å²) < 4.78 is 10.5. The summed E-state index contributed by atoms with van der Waals surface area (Å²) in [4.78, 5) is 32.8. The number of aromatic nitrogens is 2. The van der Waals surface area contributed by atoms with Gasteiger partial charge in [0.2, 0.25) is 0 Å². The second kappa shape index (κ2) is 8.08. The molecule has 0 fully saturated rings. The normalized spacial score (nSPS) is 13.6. The number of aryl methyl sites for hydroxylation is 2. The number of benzene rings is 1. The van der Waals surface area contributed by atoms with Crippen LogP contribution in [-0.4, -0.2) is 34.8 Å². The molecule has 0 saturated heterocycles. The van der Waals surface area contributed by atoms with Crippen molar-refractivity contribution in [2.45, 2.75) is 25.7 Å². The van der Waals surface area contributed by atoms with Gasteiger partial charge in [0.05, 0.1) is 12.5 Å². The molecule has 1 aliphatic rings. The number of aromatic amines is 1. The van der Waals surface area contributed by atoms with Crippen molar-refractivity contribution in [1.82, 2.24) is 9.97 Å². The van der Waals surface area contributed by atoms with E-state index < -0.39 is 12.6 Å². The van der Waals surface area contributed by atoms with Gasteiger partial charge in [-0.2, -0.15) is 0 Å². The highest BCUT2D eigenvalue weighted by Crippen LogP contribution is 2.33. The van der Waals surface area contributed by atoms with Gasteiger partial charge in [-0.05, 0) is 55.0 Å². The Morgan fingerprint density at radius 2 is 2.10 bits per heavy atom. The largest absolute Gasteiger partial charge is 0.493 e. The quantitative estimate of drug-likeness (QED) is 0.643. The highest BCUT2D eigenvalue weighted by molar-refractivity contribution is 7.18. The zero-order valence-electron chi connectivity index (χ0n) is 15.9. The topological polar surface area (TPSA) is 102 Å². The molecule has 7 nitrogen and oxygen atoms in total. The molecule has 0 saturated carbocycles. The molecule has 0 radical (unpaired) electrons. The number of carbonyl (C=O) groups is 1. The van der Waals surface area contributed by atoms with Gasteiger partial charge in [-0.25, -0.2) is 9.78 Å². The van der Waals surface area contributed by atoms with E-state index in [9.17, 15) is 9.59 Å². The van der Waals surface area contributed by atoms with Gasteiger partial charge in [0.25, 0.3) is 5.56 Å². The fourth-order valence-corrected chi connectivity index (χ4v) is 4.75. The Kier molecular flexibility index (Phi) is 5.35. The van der Waals surface area contributed by atoms with Gasteiger partial charge in [0, 0.05) is 4.88 Å². The van der Waals surface area contributed by atoms with E-state index in [1.54, 1.807) is 41.7 Å². The first kappa shape index (κ1) is 19.2. The van der Waals surface area contributed by atoms with E-state index in [0.29, 0.717) is 17.3 Å². The third-order valence-electron chi connectivity index (χ3n) is 4.82. The van der Waals surface area contributed by atoms with E-state index in [-0.39, 0.29) is 5.56 Å². The SMILES string of the molecule is COc1cc(/C=C/c2nc3sc4c(c3c(=O)[nH]2)CCCC4)ccc1OCC(=O)O. The maximum Gasteiger partial charge on any atom is 0.341 e. The first-order valence-corrected chi connectivity index (χ1v) is 10.1. The molecule has 1 aromatic carbocycles. The third kappa shape index (κ3) is 4.02. The summed E-state index contributed by atoms with van der Waals surface area (Å²) in [5.74, 6) is 0.211. The number of H-pyrrole nitrogens is 1. The molecule has 0 amide bonds. The summed E-state index contributed by atoms with van der Waals surface area (Å²) in [7, 11) is 1.49. The van der Waals surface area contributed by atoms with Crippen molar-refractivity contribution < 1.29 is 19.4 Å². The van der Waals surface area contributed by atoms with E-state index in [4.69, 9.17) is 14.6 Å². The average Bonchev–Trinajstić information content (AvgIpc) is 3.09. The number of nitrogens with zero attached hydrogens (tertiary/aromatic N) is 1. The summed E-state index contributed by atoms with van der Waals surface area (Å²) >= 11 is 1.62. The summed E-state index contributed by atoms with van der Waals surface area (Å²) in [6.07, 6.45) is 7.81. The lowest BCUT2D eigenvalue weighted by atomic mass is 9.97. The number of fused-ring (bicyclic) bond motifs is 3. The summed E-state index contributed by atoms with van der Waals surface area (Å²) in [6, 6.07) is 5.15. The van der Waals surface area contributed by atoms with E-state index in [1.165, 1.54) is 24.0 Å². The molecular formula is C21H20N2O5S. The molecule has 0 unspecified atom stereocenters. The van der Waals surface area contributed by atoms with Crippen LogP contribution < -0.4 is 15.0 Å². The van der Waals surface area contributed by atoms with Crippen LogP contribution in [0, 0.1) is 0 Å². The molecule has 8 heteroatoms. The molecule has 4 rings (SSSR count). The Hall–Kier alpha value is -3.13. The van der Waals surface area contributed by atoms with Crippen LogP contribution in [0.15, 0.2) is 23.0 Å². The molecule has 0 atom stereocenters. The first-order chi connectivity index (χ1) is 14.0. The predicted molar refractivity (Wildman–Crippen MR) is 112 cm³/mol. The number of rotatable bonds is 6. The van der Waals surface area contributed by atoms with Gasteiger partial charge in [0.15, 0.2) is 18.1 Å². The Bertz CT molecular complexity index is 1160. The molecule has 29 heavy (non-hydrogen) atoms. The number of hydrogen-bond acceptors (Lipinski definition) is 6. The molecular weight excluding hydrogens is 392 g/mol. The number of carboxylic acids is 1. The zero-order chi connectivity index (χ0) is 20.4. The van der Waals surface area contributed by atoms with Crippen molar-refractivity contribution in [3.8, 4) is 11.5 Å². The molecule has 150 valence electrons. The number of aliphatic carboxylic acids is 1. The van der Waals surface area contributed by atoms with Crippen LogP contribution in [0.1, 0.15) is 34.7 Å². The van der Waals surface area contributed by atoms with Gasteiger partial charge < -0.3 is 19.6 Å². The van der Waals surface area contributed by atoms with Gasteiger partial charge >= 0.3 is 5.97 Å². The van der Waals surface area contributed by atoms with E-state index >= 15 is 0 Å². The standard InChI is InChI=1S/C21H20N2O5S/c1-27-15-10-12(6-8-14(15)28-11-18(24)25)7-9-17-22-20(26)19-13-4-2-3-5-16(13)29-21(19)23-17/h6-10H,2-5,11H2,1H3,(H,24,25)(H,22,23,26)/b9-7+. The van der Waals surface area contributed by atoms with Crippen LogP contribution >= 0.6 is 11.3 Å². The number of hydrogen-bond donors (Lipinski definition) is 2. The van der Waals surface area contributed by atoms with Crippen molar-refractivity contribution in [2.24, 2.45) is 0 Å². The predicted octanol–water partition coefficient (Wildman–Crippen LogP) is 3.51. The highest BCUT2D eigenvalue weighted by atomic mass is 32.1. The Balaban J connectivity index is 1.61. The van der Waals surface area contributed by atoms with Gasteiger partial charge in [-0.3, -0.25) is 4.79 Å². The Labute approximate surface area is 170 Å². The number of carboxylic acid groups (broad SMARTS) is 1. The molecule has 0 spiro atoms. The van der Waals surface area contributed by atoms with E-state index in [1.807, 2.05) is 0 Å². The maximum atomic E-state index is 12.6. The third-order valence-corrected chi connectivity index (χ3v) is 6.00. The molecule has 2 N–H and O–H groups in total. The number of ether oxygens (including phenoxy) is 2. The summed E-state index contributed by atoms with van der Waals surface area (Å²) in [5.41, 5.74) is 1.88. The van der Waals surface area contributed by atoms with Crippen LogP contribution in [0.25, 0.3) is 22.4 Å². The Morgan fingerprint density at radius 1 is 1.28 bits per heavy atom. The smallest absolute Gasteiger partial charge is 0.341 e. The lowest BCUT2D eigenvalue weighted by molar-refractivity contribution is -0.139. The molecule has 0 bridgehead atoms. The zero-order valence-corrected chi connectivity index (χ0v) is 16.7. The van der Waals surface area contributed by atoms with Gasteiger partial charge in [0.1, 0.15) is 10.7 Å². The van der Waals surface area contributed by atoms with Gasteiger partial charge in [-0.15, -0.1) is 11.3 Å². The van der Waals surface area contributed by atoms with Crippen molar-refractivity contribution in [3.63, 3.8) is 0 Å². The molecule has 3 aromatic rings. The Morgan fingerprint density at radius 3 is 2.90 bits per heavy atom.